The maximum Gasteiger partial charge on any atom is 0.307 e. The molecule has 3 N–H and O–H groups in total. The topological polar surface area (TPSA) is 95.5 Å². The first kappa shape index (κ1) is 14.5. The molecule has 1 fully saturated rings. The van der Waals surface area contributed by atoms with Gasteiger partial charge in [0.1, 0.15) is 0 Å². The average molecular weight is 256 g/mol. The molecule has 2 atom stereocenters. The lowest BCUT2D eigenvalue weighted by Gasteiger charge is -2.31. The summed E-state index contributed by atoms with van der Waals surface area (Å²) in [5, 5.41) is 14.1. The van der Waals surface area contributed by atoms with Crippen molar-refractivity contribution >= 4 is 17.8 Å². The molecule has 0 aliphatic heterocycles. The molecule has 0 aromatic carbocycles. The third-order valence-electron chi connectivity index (χ3n) is 3.03. The van der Waals surface area contributed by atoms with Crippen molar-refractivity contribution in [3.8, 4) is 0 Å². The molecular weight excluding hydrogens is 236 g/mol. The van der Waals surface area contributed by atoms with E-state index in [2.05, 4.69) is 10.6 Å². The normalized spacial score (nSPS) is 22.2. The van der Waals surface area contributed by atoms with Gasteiger partial charge in [0, 0.05) is 19.0 Å². The summed E-state index contributed by atoms with van der Waals surface area (Å²) < 4.78 is 0. The molecule has 18 heavy (non-hydrogen) atoms. The van der Waals surface area contributed by atoms with Gasteiger partial charge in [0.15, 0.2) is 0 Å². The Morgan fingerprint density at radius 3 is 2.28 bits per heavy atom. The van der Waals surface area contributed by atoms with E-state index in [1.165, 1.54) is 0 Å². The Hall–Kier alpha value is -1.59. The molecule has 0 saturated heterocycles. The number of aliphatic carboxylic acids is 1. The van der Waals surface area contributed by atoms with Crippen molar-refractivity contribution in [3.05, 3.63) is 0 Å². The van der Waals surface area contributed by atoms with E-state index in [1.54, 1.807) is 0 Å². The highest BCUT2D eigenvalue weighted by molar-refractivity contribution is 5.86. The van der Waals surface area contributed by atoms with E-state index >= 15 is 0 Å². The van der Waals surface area contributed by atoms with Gasteiger partial charge < -0.3 is 15.7 Å². The predicted octanol–water partition coefficient (Wildman–Crippen LogP) is 0.128. The summed E-state index contributed by atoms with van der Waals surface area (Å²) in [5.41, 5.74) is 0. The molecule has 0 heterocycles. The minimum absolute atomic E-state index is 0.0798. The van der Waals surface area contributed by atoms with Crippen molar-refractivity contribution < 1.29 is 19.5 Å². The minimum Gasteiger partial charge on any atom is -0.481 e. The highest BCUT2D eigenvalue weighted by atomic mass is 16.4. The van der Waals surface area contributed by atoms with Crippen LogP contribution in [0.2, 0.25) is 0 Å². The second kappa shape index (κ2) is 6.37. The monoisotopic (exact) mass is 256 g/mol. The van der Waals surface area contributed by atoms with Crippen LogP contribution >= 0.6 is 0 Å². The van der Waals surface area contributed by atoms with Crippen molar-refractivity contribution in [1.82, 2.24) is 10.6 Å². The lowest BCUT2D eigenvalue weighted by Crippen LogP contribution is -2.45. The molecule has 6 heteroatoms. The molecule has 6 nitrogen and oxygen atoms in total. The van der Waals surface area contributed by atoms with Gasteiger partial charge in [0.25, 0.3) is 0 Å². The van der Waals surface area contributed by atoms with Crippen LogP contribution in [0.1, 0.15) is 33.1 Å². The van der Waals surface area contributed by atoms with Crippen LogP contribution in [-0.4, -0.2) is 35.5 Å². The quantitative estimate of drug-likeness (QED) is 0.629. The van der Waals surface area contributed by atoms with Crippen LogP contribution in [0.5, 0.6) is 0 Å². The summed E-state index contributed by atoms with van der Waals surface area (Å²) in [6.07, 6.45) is 1.39. The van der Waals surface area contributed by atoms with E-state index in [1.807, 2.05) is 13.8 Å². The Labute approximate surface area is 106 Å². The largest absolute Gasteiger partial charge is 0.481 e. The van der Waals surface area contributed by atoms with Crippen LogP contribution in [0.4, 0.5) is 0 Å². The van der Waals surface area contributed by atoms with Gasteiger partial charge in [-0.1, -0.05) is 0 Å². The van der Waals surface area contributed by atoms with Crippen molar-refractivity contribution in [1.29, 1.82) is 0 Å². The van der Waals surface area contributed by atoms with Crippen LogP contribution < -0.4 is 10.6 Å². The third kappa shape index (κ3) is 4.01. The summed E-state index contributed by atoms with van der Waals surface area (Å²) in [4.78, 5) is 33.7. The lowest BCUT2D eigenvalue weighted by atomic mass is 9.73. The van der Waals surface area contributed by atoms with Crippen LogP contribution in [0, 0.1) is 11.8 Å². The first-order chi connectivity index (χ1) is 8.41. The molecule has 1 aliphatic carbocycles. The van der Waals surface area contributed by atoms with E-state index in [-0.39, 0.29) is 30.8 Å². The summed E-state index contributed by atoms with van der Waals surface area (Å²) in [5.74, 6) is -2.29. The zero-order valence-corrected chi connectivity index (χ0v) is 10.7. The van der Waals surface area contributed by atoms with Crippen LogP contribution in [-0.2, 0) is 14.4 Å². The fourth-order valence-electron chi connectivity index (χ4n) is 1.93. The molecule has 0 radical (unpaired) electrons. The lowest BCUT2D eigenvalue weighted by molar-refractivity contribution is -0.152. The number of rotatable bonds is 6. The van der Waals surface area contributed by atoms with Gasteiger partial charge in [0.2, 0.25) is 11.8 Å². The third-order valence-corrected chi connectivity index (χ3v) is 3.03. The van der Waals surface area contributed by atoms with Gasteiger partial charge in [-0.05, 0) is 26.7 Å². The second-order valence-electron chi connectivity index (χ2n) is 4.89. The summed E-state index contributed by atoms with van der Waals surface area (Å²) in [6, 6.07) is 0.0798. The van der Waals surface area contributed by atoms with E-state index < -0.39 is 17.8 Å². The minimum atomic E-state index is -0.918. The number of carbonyl (C=O) groups excluding carboxylic acids is 2. The van der Waals surface area contributed by atoms with Crippen LogP contribution in [0.15, 0.2) is 0 Å². The van der Waals surface area contributed by atoms with Gasteiger partial charge in [-0.25, -0.2) is 0 Å². The van der Waals surface area contributed by atoms with Crippen LogP contribution in [0.3, 0.4) is 0 Å². The molecule has 2 amide bonds. The Morgan fingerprint density at radius 2 is 1.83 bits per heavy atom. The zero-order valence-electron chi connectivity index (χ0n) is 10.7. The van der Waals surface area contributed by atoms with E-state index in [0.29, 0.717) is 12.8 Å². The number of carboxylic acids is 1. The van der Waals surface area contributed by atoms with Gasteiger partial charge in [-0.15, -0.1) is 0 Å². The molecule has 0 bridgehead atoms. The van der Waals surface area contributed by atoms with Gasteiger partial charge in [0.05, 0.1) is 11.8 Å². The molecule has 1 aliphatic rings. The van der Waals surface area contributed by atoms with Crippen molar-refractivity contribution in [3.63, 3.8) is 0 Å². The summed E-state index contributed by atoms with van der Waals surface area (Å²) in [7, 11) is 0. The van der Waals surface area contributed by atoms with Crippen LogP contribution in [0.25, 0.3) is 0 Å². The van der Waals surface area contributed by atoms with Gasteiger partial charge >= 0.3 is 5.97 Å². The fourth-order valence-corrected chi connectivity index (χ4v) is 1.93. The first-order valence-corrected chi connectivity index (χ1v) is 6.21. The molecule has 0 aromatic heterocycles. The second-order valence-corrected chi connectivity index (χ2v) is 4.89. The SMILES string of the molecule is CC(C)NC(=O)CCNC(=O)C1CCC1C(=O)O. The molecular formula is C12H20N2O4. The number of amides is 2. The fraction of sp³-hybridized carbons (Fsp3) is 0.750. The first-order valence-electron chi connectivity index (χ1n) is 6.21. The van der Waals surface area contributed by atoms with Crippen molar-refractivity contribution in [2.45, 2.75) is 39.2 Å². The summed E-state index contributed by atoms with van der Waals surface area (Å²) >= 11 is 0. The van der Waals surface area contributed by atoms with E-state index in [4.69, 9.17) is 5.11 Å². The molecule has 1 saturated carbocycles. The Kier molecular flexibility index (Phi) is 5.12. The standard InChI is InChI=1S/C12H20N2O4/c1-7(2)14-10(15)5-6-13-11(16)8-3-4-9(8)12(17)18/h7-9H,3-6H2,1-2H3,(H,13,16)(H,14,15)(H,17,18). The van der Waals surface area contributed by atoms with E-state index in [9.17, 15) is 14.4 Å². The van der Waals surface area contributed by atoms with E-state index in [0.717, 1.165) is 0 Å². The smallest absolute Gasteiger partial charge is 0.307 e. The highest BCUT2D eigenvalue weighted by Gasteiger charge is 2.41. The molecule has 0 aromatic rings. The van der Waals surface area contributed by atoms with Crippen molar-refractivity contribution in [2.75, 3.05) is 6.54 Å². The summed E-state index contributed by atoms with van der Waals surface area (Å²) in [6.45, 7) is 3.98. The number of carbonyl (C=O) groups is 3. The van der Waals surface area contributed by atoms with Gasteiger partial charge in [-0.2, -0.15) is 0 Å². The Bertz CT molecular complexity index is 341. The number of nitrogens with one attached hydrogen (secondary N) is 2. The Balaban J connectivity index is 2.22. The van der Waals surface area contributed by atoms with Crippen molar-refractivity contribution in [2.24, 2.45) is 11.8 Å². The maximum atomic E-state index is 11.6. The number of hydrogen-bond acceptors (Lipinski definition) is 3. The maximum absolute atomic E-state index is 11.6. The zero-order chi connectivity index (χ0) is 13.7. The molecule has 102 valence electrons. The Morgan fingerprint density at radius 1 is 1.22 bits per heavy atom. The highest BCUT2D eigenvalue weighted by Crippen LogP contribution is 2.34. The average Bonchev–Trinajstić information content (AvgIpc) is 2.12. The molecule has 2 unspecified atom stereocenters. The predicted molar refractivity (Wildman–Crippen MR) is 64.8 cm³/mol. The molecule has 1 rings (SSSR count). The number of hydrogen-bond donors (Lipinski definition) is 3. The number of carboxylic acid groups (broad SMARTS) is 1. The molecule has 0 spiro atoms. The van der Waals surface area contributed by atoms with Gasteiger partial charge in [-0.3, -0.25) is 14.4 Å².